The number of rotatable bonds is 2. The molecule has 2 heteroatoms. The fourth-order valence-electron chi connectivity index (χ4n) is 3.61. The number of benzene rings is 1. The van der Waals surface area contributed by atoms with Crippen LogP contribution in [0.4, 0.5) is 0 Å². The second kappa shape index (κ2) is 7.84. The molecular weight excluding hydrogens is 258 g/mol. The van der Waals surface area contributed by atoms with Crippen LogP contribution in [0.15, 0.2) is 18.2 Å². The van der Waals surface area contributed by atoms with E-state index in [0.717, 1.165) is 11.7 Å². The van der Waals surface area contributed by atoms with Gasteiger partial charge in [0.25, 0.3) is 0 Å². The number of hydrogen-bond donors (Lipinski definition) is 0. The first-order valence-corrected chi connectivity index (χ1v) is 8.69. The van der Waals surface area contributed by atoms with Gasteiger partial charge in [-0.2, -0.15) is 0 Å². The van der Waals surface area contributed by atoms with E-state index in [-0.39, 0.29) is 0 Å². The van der Waals surface area contributed by atoms with E-state index in [4.69, 9.17) is 4.74 Å². The number of likely N-dealkylation sites (tertiary alicyclic amines) is 1. The van der Waals surface area contributed by atoms with Crippen molar-refractivity contribution in [2.75, 3.05) is 20.2 Å². The highest BCUT2D eigenvalue weighted by molar-refractivity contribution is 5.39. The molecule has 0 saturated carbocycles. The molecular formula is C19H31NO. The van der Waals surface area contributed by atoms with Gasteiger partial charge >= 0.3 is 0 Å². The van der Waals surface area contributed by atoms with Gasteiger partial charge in [-0.25, -0.2) is 0 Å². The van der Waals surface area contributed by atoms with Gasteiger partial charge in [0.15, 0.2) is 0 Å². The van der Waals surface area contributed by atoms with Crippen molar-refractivity contribution < 1.29 is 4.74 Å². The average molecular weight is 289 g/mol. The van der Waals surface area contributed by atoms with Crippen molar-refractivity contribution in [2.45, 2.75) is 58.9 Å². The van der Waals surface area contributed by atoms with Crippen LogP contribution in [0.3, 0.4) is 0 Å². The second-order valence-corrected chi connectivity index (χ2v) is 6.19. The Balaban J connectivity index is 0.000000774. The molecule has 1 atom stereocenters. The molecule has 1 aromatic rings. The summed E-state index contributed by atoms with van der Waals surface area (Å²) in [5.74, 6) is 1.92. The normalized spacial score (nSPS) is 23.0. The zero-order chi connectivity index (χ0) is 15.2. The molecule has 1 unspecified atom stereocenters. The summed E-state index contributed by atoms with van der Waals surface area (Å²) in [7, 11) is 1.76. The summed E-state index contributed by atoms with van der Waals surface area (Å²) in [4.78, 5) is 2.71. The van der Waals surface area contributed by atoms with Crippen LogP contribution in [0.2, 0.25) is 0 Å². The Kier molecular flexibility index (Phi) is 6.10. The minimum Gasteiger partial charge on any atom is -0.497 e. The molecule has 2 nitrogen and oxygen atoms in total. The number of methoxy groups -OCH3 is 1. The van der Waals surface area contributed by atoms with Crippen molar-refractivity contribution >= 4 is 0 Å². The lowest BCUT2D eigenvalue weighted by Crippen LogP contribution is -2.37. The fourth-order valence-corrected chi connectivity index (χ4v) is 3.61. The first-order valence-electron chi connectivity index (χ1n) is 8.69. The van der Waals surface area contributed by atoms with Crippen molar-refractivity contribution in [3.05, 3.63) is 29.3 Å². The number of ether oxygens (including phenoxy) is 1. The quantitative estimate of drug-likeness (QED) is 0.773. The van der Waals surface area contributed by atoms with Crippen LogP contribution in [0.25, 0.3) is 0 Å². The molecule has 1 aliphatic heterocycles. The molecule has 1 heterocycles. The van der Waals surface area contributed by atoms with Crippen molar-refractivity contribution in [3.63, 3.8) is 0 Å². The summed E-state index contributed by atoms with van der Waals surface area (Å²) in [5.41, 5.74) is 3.07. The molecule has 0 N–H and O–H groups in total. The van der Waals surface area contributed by atoms with E-state index in [1.54, 1.807) is 12.7 Å². The third kappa shape index (κ3) is 3.79. The molecule has 1 aliphatic carbocycles. The molecule has 2 aliphatic rings. The number of piperidine rings is 1. The molecule has 0 amide bonds. The Bertz CT molecular complexity index is 435. The highest BCUT2D eigenvalue weighted by Gasteiger charge is 2.28. The van der Waals surface area contributed by atoms with Crippen LogP contribution in [-0.2, 0) is 6.42 Å². The Morgan fingerprint density at radius 2 is 1.81 bits per heavy atom. The third-order valence-corrected chi connectivity index (χ3v) is 4.89. The van der Waals surface area contributed by atoms with Gasteiger partial charge < -0.3 is 4.74 Å². The number of nitrogens with zero attached hydrogens (tertiary/aromatic N) is 1. The van der Waals surface area contributed by atoms with Gasteiger partial charge in [-0.15, -0.1) is 0 Å². The standard InChI is InChI=1S/C17H25NO.C2H6/c1-13-8-10-18(11-9-13)17-5-3-4-14-12-15(19-2)6-7-16(14)17;1-2/h6-7,12-13,17H,3-5,8-11H2,1-2H3;1-2H3. The van der Waals surface area contributed by atoms with Crippen molar-refractivity contribution in [2.24, 2.45) is 5.92 Å². The molecule has 1 aromatic carbocycles. The highest BCUT2D eigenvalue weighted by Crippen LogP contribution is 2.37. The van der Waals surface area contributed by atoms with E-state index >= 15 is 0 Å². The smallest absolute Gasteiger partial charge is 0.119 e. The van der Waals surface area contributed by atoms with Crippen molar-refractivity contribution in [1.29, 1.82) is 0 Å². The molecule has 1 saturated heterocycles. The van der Waals surface area contributed by atoms with Crippen molar-refractivity contribution in [1.82, 2.24) is 4.90 Å². The summed E-state index contributed by atoms with van der Waals surface area (Å²) in [6, 6.07) is 7.33. The molecule has 21 heavy (non-hydrogen) atoms. The second-order valence-electron chi connectivity index (χ2n) is 6.19. The van der Waals surface area contributed by atoms with Gasteiger partial charge in [-0.05, 0) is 74.4 Å². The van der Waals surface area contributed by atoms with Crippen LogP contribution in [0.1, 0.15) is 63.6 Å². The van der Waals surface area contributed by atoms with Crippen LogP contribution in [-0.4, -0.2) is 25.1 Å². The lowest BCUT2D eigenvalue weighted by Gasteiger charge is -2.39. The van der Waals surface area contributed by atoms with Crippen LogP contribution < -0.4 is 4.74 Å². The summed E-state index contributed by atoms with van der Waals surface area (Å²) in [6.07, 6.45) is 6.59. The Morgan fingerprint density at radius 3 is 2.48 bits per heavy atom. The minimum absolute atomic E-state index is 0.655. The summed E-state index contributed by atoms with van der Waals surface area (Å²) in [5, 5.41) is 0. The van der Waals surface area contributed by atoms with Crippen molar-refractivity contribution in [3.8, 4) is 5.75 Å². The lowest BCUT2D eigenvalue weighted by molar-refractivity contribution is 0.125. The molecule has 0 aromatic heterocycles. The number of hydrogen-bond acceptors (Lipinski definition) is 2. The summed E-state index contributed by atoms with van der Waals surface area (Å²) < 4.78 is 5.36. The molecule has 0 bridgehead atoms. The van der Waals surface area contributed by atoms with Gasteiger partial charge in [0.05, 0.1) is 7.11 Å². The maximum absolute atomic E-state index is 5.36. The predicted molar refractivity (Wildman–Crippen MR) is 90.0 cm³/mol. The Hall–Kier alpha value is -1.02. The number of fused-ring (bicyclic) bond motifs is 1. The van der Waals surface area contributed by atoms with E-state index in [0.29, 0.717) is 6.04 Å². The van der Waals surface area contributed by atoms with E-state index in [1.807, 2.05) is 13.8 Å². The fraction of sp³-hybridized carbons (Fsp3) is 0.684. The Labute approximate surface area is 130 Å². The minimum atomic E-state index is 0.655. The van der Waals surface area contributed by atoms with Gasteiger partial charge in [0.1, 0.15) is 5.75 Å². The van der Waals surface area contributed by atoms with Gasteiger partial charge in [0, 0.05) is 6.04 Å². The zero-order valence-corrected chi connectivity index (χ0v) is 14.2. The monoisotopic (exact) mass is 289 g/mol. The van der Waals surface area contributed by atoms with Gasteiger partial charge in [-0.3, -0.25) is 4.90 Å². The molecule has 0 spiro atoms. The molecule has 3 rings (SSSR count). The number of aryl methyl sites for hydroxylation is 1. The molecule has 0 radical (unpaired) electrons. The molecule has 118 valence electrons. The van der Waals surface area contributed by atoms with Gasteiger partial charge in [-0.1, -0.05) is 26.8 Å². The summed E-state index contributed by atoms with van der Waals surface area (Å²) >= 11 is 0. The predicted octanol–water partition coefficient (Wildman–Crippen LogP) is 4.83. The van der Waals surface area contributed by atoms with E-state index in [1.165, 1.54) is 50.8 Å². The Morgan fingerprint density at radius 1 is 1.10 bits per heavy atom. The van der Waals surface area contributed by atoms with E-state index in [2.05, 4.69) is 30.0 Å². The lowest BCUT2D eigenvalue weighted by atomic mass is 9.85. The van der Waals surface area contributed by atoms with Crippen LogP contribution in [0.5, 0.6) is 5.75 Å². The van der Waals surface area contributed by atoms with Crippen LogP contribution >= 0.6 is 0 Å². The SMILES string of the molecule is CC.COc1ccc2c(c1)CCCC2N1CCC(C)CC1. The maximum atomic E-state index is 5.36. The summed E-state index contributed by atoms with van der Waals surface area (Å²) in [6.45, 7) is 8.94. The topological polar surface area (TPSA) is 12.5 Å². The first-order chi connectivity index (χ1) is 10.3. The zero-order valence-electron chi connectivity index (χ0n) is 14.2. The first kappa shape index (κ1) is 16.4. The maximum Gasteiger partial charge on any atom is 0.119 e. The largest absolute Gasteiger partial charge is 0.497 e. The molecule has 1 fully saturated rings. The third-order valence-electron chi connectivity index (χ3n) is 4.89. The van der Waals surface area contributed by atoms with E-state index in [9.17, 15) is 0 Å². The van der Waals surface area contributed by atoms with Gasteiger partial charge in [0.2, 0.25) is 0 Å². The average Bonchev–Trinajstić information content (AvgIpc) is 2.56. The van der Waals surface area contributed by atoms with E-state index < -0.39 is 0 Å². The van der Waals surface area contributed by atoms with Crippen LogP contribution in [0, 0.1) is 5.92 Å². The highest BCUT2D eigenvalue weighted by atomic mass is 16.5.